The van der Waals surface area contributed by atoms with Gasteiger partial charge >= 0.3 is 0 Å². The zero-order chi connectivity index (χ0) is 7.40. The van der Waals surface area contributed by atoms with E-state index in [-0.39, 0.29) is 6.04 Å². The molecule has 2 heteroatoms. The lowest BCUT2D eigenvalue weighted by atomic mass is 10.1. The number of hydrogen-bond acceptors (Lipinski definition) is 2. The van der Waals surface area contributed by atoms with Crippen LogP contribution < -0.4 is 5.73 Å². The largest absolute Gasteiger partial charge is 0.377 e. The Morgan fingerprint density at radius 1 is 1.40 bits per heavy atom. The van der Waals surface area contributed by atoms with Crippen LogP contribution in [0.25, 0.3) is 0 Å². The van der Waals surface area contributed by atoms with E-state index in [9.17, 15) is 0 Å². The molecule has 0 saturated carbocycles. The van der Waals surface area contributed by atoms with Crippen molar-refractivity contribution in [3.8, 4) is 0 Å². The topological polar surface area (TPSA) is 35.2 Å². The van der Waals surface area contributed by atoms with Gasteiger partial charge in [-0.25, -0.2) is 0 Å². The molecule has 2 atom stereocenters. The van der Waals surface area contributed by atoms with E-state index < -0.39 is 0 Å². The molecule has 0 radical (unpaired) electrons. The maximum absolute atomic E-state index is 5.71. The van der Waals surface area contributed by atoms with Crippen LogP contribution in [0.1, 0.15) is 19.3 Å². The molecule has 0 aromatic rings. The molecule has 2 N–H and O–H groups in total. The van der Waals surface area contributed by atoms with Gasteiger partial charge in [-0.2, -0.15) is 0 Å². The molecule has 0 amide bonds. The normalized spacial score (nSPS) is 33.8. The van der Waals surface area contributed by atoms with Gasteiger partial charge in [0.25, 0.3) is 0 Å². The van der Waals surface area contributed by atoms with Crippen LogP contribution in [0, 0.1) is 0 Å². The zero-order valence-corrected chi connectivity index (χ0v) is 6.42. The highest BCUT2D eigenvalue weighted by Crippen LogP contribution is 2.12. The summed E-state index contributed by atoms with van der Waals surface area (Å²) in [6.07, 6.45) is 7.79. The summed E-state index contributed by atoms with van der Waals surface area (Å²) in [6, 6.07) is 0.250. The second kappa shape index (κ2) is 3.74. The molecule has 1 aliphatic carbocycles. The average molecular weight is 141 g/mol. The molecule has 2 nitrogen and oxygen atoms in total. The third-order valence-corrected chi connectivity index (χ3v) is 1.90. The highest BCUT2D eigenvalue weighted by Gasteiger charge is 2.08. The Kier molecular flexibility index (Phi) is 2.90. The van der Waals surface area contributed by atoms with E-state index in [1.807, 2.05) is 6.08 Å². The number of methoxy groups -OCH3 is 1. The molecule has 0 fully saturated rings. The molecule has 1 rings (SSSR count). The Labute approximate surface area is 62.1 Å². The maximum Gasteiger partial charge on any atom is 0.0752 e. The molecule has 1 aliphatic rings. The first-order chi connectivity index (χ1) is 4.83. The lowest BCUT2D eigenvalue weighted by Crippen LogP contribution is -2.14. The van der Waals surface area contributed by atoms with Gasteiger partial charge in [0.2, 0.25) is 0 Å². The minimum Gasteiger partial charge on any atom is -0.377 e. The lowest BCUT2D eigenvalue weighted by molar-refractivity contribution is 0.133. The standard InChI is InChI=1S/C8H15NO/c1-10-8-4-2-3-7(9)5-6-8/h5-8H,2-4,9H2,1H3. The fourth-order valence-electron chi connectivity index (χ4n) is 1.21. The van der Waals surface area contributed by atoms with Crippen molar-refractivity contribution in [2.24, 2.45) is 5.73 Å². The minimum absolute atomic E-state index is 0.250. The SMILES string of the molecule is COC1C=CC(N)CCC1. The maximum atomic E-state index is 5.71. The molecule has 0 bridgehead atoms. The second-order valence-electron chi connectivity index (χ2n) is 2.75. The summed E-state index contributed by atoms with van der Waals surface area (Å²) in [7, 11) is 1.74. The Hall–Kier alpha value is -0.340. The van der Waals surface area contributed by atoms with E-state index in [2.05, 4.69) is 6.08 Å². The highest BCUT2D eigenvalue weighted by atomic mass is 16.5. The third-order valence-electron chi connectivity index (χ3n) is 1.90. The van der Waals surface area contributed by atoms with Crippen molar-refractivity contribution in [2.45, 2.75) is 31.4 Å². The summed E-state index contributed by atoms with van der Waals surface area (Å²) in [5.41, 5.74) is 5.71. The van der Waals surface area contributed by atoms with Crippen molar-refractivity contribution in [2.75, 3.05) is 7.11 Å². The molecule has 0 spiro atoms. The van der Waals surface area contributed by atoms with Crippen LogP contribution in [0.3, 0.4) is 0 Å². The van der Waals surface area contributed by atoms with Gasteiger partial charge in [0, 0.05) is 13.2 Å². The van der Waals surface area contributed by atoms with Crippen molar-refractivity contribution in [3.05, 3.63) is 12.2 Å². The fraction of sp³-hybridized carbons (Fsp3) is 0.750. The van der Waals surface area contributed by atoms with Crippen molar-refractivity contribution in [3.63, 3.8) is 0 Å². The quantitative estimate of drug-likeness (QED) is 0.554. The minimum atomic E-state index is 0.250. The molecule has 0 saturated heterocycles. The predicted octanol–water partition coefficient (Wildman–Crippen LogP) is 1.07. The third kappa shape index (κ3) is 2.12. The van der Waals surface area contributed by atoms with Crippen molar-refractivity contribution in [1.29, 1.82) is 0 Å². The summed E-state index contributed by atoms with van der Waals surface area (Å²) in [4.78, 5) is 0. The average Bonchev–Trinajstić information content (AvgIpc) is 2.14. The molecule has 2 unspecified atom stereocenters. The van der Waals surface area contributed by atoms with E-state index in [1.165, 1.54) is 6.42 Å². The van der Waals surface area contributed by atoms with Crippen LogP contribution in [0.4, 0.5) is 0 Å². The monoisotopic (exact) mass is 141 g/mol. The van der Waals surface area contributed by atoms with Gasteiger partial charge in [-0.1, -0.05) is 12.2 Å². The molecule has 10 heavy (non-hydrogen) atoms. The van der Waals surface area contributed by atoms with Crippen LogP contribution in [0.15, 0.2) is 12.2 Å². The first-order valence-electron chi connectivity index (χ1n) is 3.79. The highest BCUT2D eigenvalue weighted by molar-refractivity contribution is 4.98. The van der Waals surface area contributed by atoms with Gasteiger partial charge in [0.05, 0.1) is 6.10 Å². The summed E-state index contributed by atoms with van der Waals surface area (Å²) in [5.74, 6) is 0. The van der Waals surface area contributed by atoms with Crippen LogP contribution in [0.2, 0.25) is 0 Å². The van der Waals surface area contributed by atoms with E-state index >= 15 is 0 Å². The van der Waals surface area contributed by atoms with Crippen LogP contribution in [-0.4, -0.2) is 19.3 Å². The van der Waals surface area contributed by atoms with Gasteiger partial charge < -0.3 is 10.5 Å². The van der Waals surface area contributed by atoms with Crippen molar-refractivity contribution < 1.29 is 4.74 Å². The summed E-state index contributed by atoms with van der Waals surface area (Å²) >= 11 is 0. The first kappa shape index (κ1) is 7.76. The molecule has 0 heterocycles. The van der Waals surface area contributed by atoms with Crippen molar-refractivity contribution >= 4 is 0 Å². The summed E-state index contributed by atoms with van der Waals surface area (Å²) < 4.78 is 5.18. The van der Waals surface area contributed by atoms with E-state index in [1.54, 1.807) is 7.11 Å². The molecule has 0 aromatic carbocycles. The molecule has 0 aromatic heterocycles. The Balaban J connectivity index is 2.42. The van der Waals surface area contributed by atoms with Crippen LogP contribution in [-0.2, 0) is 4.74 Å². The van der Waals surface area contributed by atoms with E-state index in [0.29, 0.717) is 6.10 Å². The first-order valence-corrected chi connectivity index (χ1v) is 3.79. The zero-order valence-electron chi connectivity index (χ0n) is 6.42. The molecular formula is C8H15NO. The Morgan fingerprint density at radius 3 is 2.90 bits per heavy atom. The van der Waals surface area contributed by atoms with Gasteiger partial charge in [-0.05, 0) is 19.3 Å². The van der Waals surface area contributed by atoms with Gasteiger partial charge in [0.15, 0.2) is 0 Å². The Morgan fingerprint density at radius 2 is 2.20 bits per heavy atom. The molecule has 58 valence electrons. The smallest absolute Gasteiger partial charge is 0.0752 e. The summed E-state index contributed by atoms with van der Waals surface area (Å²) in [6.45, 7) is 0. The molecule has 0 aliphatic heterocycles. The van der Waals surface area contributed by atoms with E-state index in [4.69, 9.17) is 10.5 Å². The predicted molar refractivity (Wildman–Crippen MR) is 41.8 cm³/mol. The lowest BCUT2D eigenvalue weighted by Gasteiger charge is -2.06. The number of rotatable bonds is 1. The number of hydrogen-bond donors (Lipinski definition) is 1. The summed E-state index contributed by atoms with van der Waals surface area (Å²) in [5, 5.41) is 0. The molecular weight excluding hydrogens is 126 g/mol. The van der Waals surface area contributed by atoms with Gasteiger partial charge in [-0.3, -0.25) is 0 Å². The van der Waals surface area contributed by atoms with Crippen LogP contribution in [0.5, 0.6) is 0 Å². The number of ether oxygens (including phenoxy) is 1. The second-order valence-corrected chi connectivity index (χ2v) is 2.75. The van der Waals surface area contributed by atoms with Gasteiger partial charge in [-0.15, -0.1) is 0 Å². The fourth-order valence-corrected chi connectivity index (χ4v) is 1.21. The Bertz CT molecular complexity index is 122. The van der Waals surface area contributed by atoms with Crippen LogP contribution >= 0.6 is 0 Å². The van der Waals surface area contributed by atoms with Crippen molar-refractivity contribution in [1.82, 2.24) is 0 Å². The number of nitrogens with two attached hydrogens (primary N) is 1. The van der Waals surface area contributed by atoms with Gasteiger partial charge in [0.1, 0.15) is 0 Å². The van der Waals surface area contributed by atoms with E-state index in [0.717, 1.165) is 12.8 Å².